The van der Waals surface area contributed by atoms with E-state index in [0.29, 0.717) is 30.8 Å². The van der Waals surface area contributed by atoms with Crippen LogP contribution >= 0.6 is 0 Å². The molecule has 22 heavy (non-hydrogen) atoms. The predicted octanol–water partition coefficient (Wildman–Crippen LogP) is 0.548. The van der Waals surface area contributed by atoms with Gasteiger partial charge in [-0.1, -0.05) is 12.1 Å². The molecule has 1 aliphatic rings. The van der Waals surface area contributed by atoms with Crippen LogP contribution in [0.1, 0.15) is 30.1 Å². The van der Waals surface area contributed by atoms with E-state index in [4.69, 9.17) is 9.84 Å². The van der Waals surface area contributed by atoms with E-state index in [1.807, 2.05) is 6.92 Å². The summed E-state index contributed by atoms with van der Waals surface area (Å²) < 4.78 is 5.35. The number of carboxylic acids is 1. The number of para-hydroxylation sites is 1. The fraction of sp³-hybridized carbons (Fsp3) is 0.400. The number of benzene rings is 1. The van der Waals surface area contributed by atoms with E-state index in [-0.39, 0.29) is 6.54 Å². The highest BCUT2D eigenvalue weighted by Crippen LogP contribution is 2.35. The Bertz CT molecular complexity index is 595. The third-order valence-corrected chi connectivity index (χ3v) is 3.38. The van der Waals surface area contributed by atoms with Crippen LogP contribution in [0.4, 0.5) is 0 Å². The SMILES string of the molecule is CCOc1ccccc1C(=O)NCC(=O)NC1(C(=O)O)CC1. The molecule has 7 nitrogen and oxygen atoms in total. The summed E-state index contributed by atoms with van der Waals surface area (Å²) in [6.07, 6.45) is 0.824. The third kappa shape index (κ3) is 3.55. The Labute approximate surface area is 127 Å². The first-order valence-corrected chi connectivity index (χ1v) is 7.03. The molecule has 7 heteroatoms. The molecule has 0 radical (unpaired) electrons. The molecule has 1 saturated carbocycles. The lowest BCUT2D eigenvalue weighted by atomic mass is 10.2. The minimum Gasteiger partial charge on any atom is -0.493 e. The fourth-order valence-corrected chi connectivity index (χ4v) is 2.02. The van der Waals surface area contributed by atoms with Gasteiger partial charge in [0.2, 0.25) is 5.91 Å². The van der Waals surface area contributed by atoms with Crippen LogP contribution in [-0.2, 0) is 9.59 Å². The summed E-state index contributed by atoms with van der Waals surface area (Å²) in [5.74, 6) is -1.58. The summed E-state index contributed by atoms with van der Waals surface area (Å²) in [4.78, 5) is 34.8. The molecule has 2 rings (SSSR count). The Hall–Kier alpha value is -2.57. The molecule has 1 aromatic carbocycles. The highest BCUT2D eigenvalue weighted by Gasteiger charge is 2.51. The number of carbonyl (C=O) groups excluding carboxylic acids is 2. The van der Waals surface area contributed by atoms with Gasteiger partial charge in [-0.25, -0.2) is 4.79 Å². The van der Waals surface area contributed by atoms with Crippen molar-refractivity contribution < 1.29 is 24.2 Å². The molecule has 1 aliphatic carbocycles. The number of carbonyl (C=O) groups is 3. The van der Waals surface area contributed by atoms with Crippen LogP contribution in [0, 0.1) is 0 Å². The van der Waals surface area contributed by atoms with Crippen LogP contribution in [0.5, 0.6) is 5.75 Å². The molecule has 0 unspecified atom stereocenters. The lowest BCUT2D eigenvalue weighted by Gasteiger charge is -2.13. The maximum atomic E-state index is 12.1. The topological polar surface area (TPSA) is 105 Å². The molecule has 118 valence electrons. The minimum atomic E-state index is -1.15. The number of amides is 2. The van der Waals surface area contributed by atoms with Crippen molar-refractivity contribution in [2.24, 2.45) is 0 Å². The van der Waals surface area contributed by atoms with Gasteiger partial charge >= 0.3 is 5.97 Å². The number of hydrogen-bond acceptors (Lipinski definition) is 4. The molecule has 3 N–H and O–H groups in total. The van der Waals surface area contributed by atoms with Crippen molar-refractivity contribution in [1.29, 1.82) is 0 Å². The third-order valence-electron chi connectivity index (χ3n) is 3.38. The van der Waals surface area contributed by atoms with Crippen molar-refractivity contribution in [1.82, 2.24) is 10.6 Å². The molecule has 0 aliphatic heterocycles. The van der Waals surface area contributed by atoms with Crippen molar-refractivity contribution in [3.8, 4) is 5.75 Å². The summed E-state index contributed by atoms with van der Waals surface area (Å²) in [5.41, 5.74) is -0.818. The standard InChI is InChI=1S/C15H18N2O5/c1-2-22-11-6-4-3-5-10(11)13(19)16-9-12(18)17-15(7-8-15)14(20)21/h3-6H,2,7-9H2,1H3,(H,16,19)(H,17,18)(H,20,21). The fourth-order valence-electron chi connectivity index (χ4n) is 2.02. The Morgan fingerprint density at radius 1 is 1.27 bits per heavy atom. The van der Waals surface area contributed by atoms with Crippen LogP contribution in [0.3, 0.4) is 0 Å². The van der Waals surface area contributed by atoms with Crippen molar-refractivity contribution in [2.75, 3.05) is 13.2 Å². The Balaban J connectivity index is 1.90. The normalized spacial score (nSPS) is 14.8. The van der Waals surface area contributed by atoms with E-state index < -0.39 is 23.3 Å². The zero-order chi connectivity index (χ0) is 16.2. The van der Waals surface area contributed by atoms with E-state index in [1.54, 1.807) is 24.3 Å². The first kappa shape index (κ1) is 15.8. The van der Waals surface area contributed by atoms with Gasteiger partial charge in [-0.15, -0.1) is 0 Å². The number of aliphatic carboxylic acids is 1. The second-order valence-electron chi connectivity index (χ2n) is 5.05. The number of hydrogen-bond donors (Lipinski definition) is 3. The number of nitrogens with one attached hydrogen (secondary N) is 2. The summed E-state index contributed by atoms with van der Waals surface area (Å²) >= 11 is 0. The van der Waals surface area contributed by atoms with Crippen LogP contribution in [0.15, 0.2) is 24.3 Å². The van der Waals surface area contributed by atoms with Gasteiger partial charge in [-0.3, -0.25) is 9.59 Å². The minimum absolute atomic E-state index is 0.283. The van der Waals surface area contributed by atoms with E-state index >= 15 is 0 Å². The van der Waals surface area contributed by atoms with Crippen LogP contribution < -0.4 is 15.4 Å². The Kier molecular flexibility index (Phi) is 4.65. The van der Waals surface area contributed by atoms with E-state index in [0.717, 1.165) is 0 Å². The highest BCUT2D eigenvalue weighted by atomic mass is 16.5. The number of rotatable bonds is 7. The number of ether oxygens (including phenoxy) is 1. The molecule has 1 fully saturated rings. The lowest BCUT2D eigenvalue weighted by molar-refractivity contribution is -0.143. The van der Waals surface area contributed by atoms with Gasteiger partial charge in [-0.2, -0.15) is 0 Å². The van der Waals surface area contributed by atoms with Crippen LogP contribution in [0.25, 0.3) is 0 Å². The van der Waals surface area contributed by atoms with Gasteiger partial charge in [0, 0.05) is 0 Å². The van der Waals surface area contributed by atoms with E-state index in [1.165, 1.54) is 0 Å². The maximum Gasteiger partial charge on any atom is 0.329 e. The predicted molar refractivity (Wildman–Crippen MR) is 77.7 cm³/mol. The Morgan fingerprint density at radius 2 is 1.95 bits per heavy atom. The molecule has 0 aromatic heterocycles. The van der Waals surface area contributed by atoms with Gasteiger partial charge in [0.15, 0.2) is 0 Å². The summed E-state index contributed by atoms with van der Waals surface area (Å²) in [7, 11) is 0. The second kappa shape index (κ2) is 6.46. The second-order valence-corrected chi connectivity index (χ2v) is 5.05. The van der Waals surface area contributed by atoms with Gasteiger partial charge < -0.3 is 20.5 Å². The average Bonchev–Trinajstić information content (AvgIpc) is 3.26. The molecule has 0 bridgehead atoms. The van der Waals surface area contributed by atoms with Gasteiger partial charge in [0.05, 0.1) is 18.7 Å². The maximum absolute atomic E-state index is 12.1. The molecule has 1 aromatic rings. The summed E-state index contributed by atoms with van der Waals surface area (Å²) in [6, 6.07) is 6.71. The molecule has 2 amide bonds. The van der Waals surface area contributed by atoms with Gasteiger partial charge in [0.1, 0.15) is 11.3 Å². The van der Waals surface area contributed by atoms with Gasteiger partial charge in [-0.05, 0) is 31.9 Å². The first-order valence-electron chi connectivity index (χ1n) is 7.03. The van der Waals surface area contributed by atoms with Gasteiger partial charge in [0.25, 0.3) is 5.91 Å². The average molecular weight is 306 g/mol. The molecule has 0 saturated heterocycles. The summed E-state index contributed by atoms with van der Waals surface area (Å²) in [5, 5.41) is 13.9. The molecule has 0 spiro atoms. The molecular formula is C15H18N2O5. The first-order chi connectivity index (χ1) is 10.5. The largest absolute Gasteiger partial charge is 0.493 e. The summed E-state index contributed by atoms with van der Waals surface area (Å²) in [6.45, 7) is 1.95. The molecule has 0 atom stereocenters. The van der Waals surface area contributed by atoms with Crippen molar-refractivity contribution in [3.63, 3.8) is 0 Å². The van der Waals surface area contributed by atoms with Crippen molar-refractivity contribution in [2.45, 2.75) is 25.3 Å². The monoisotopic (exact) mass is 306 g/mol. The zero-order valence-corrected chi connectivity index (χ0v) is 12.2. The van der Waals surface area contributed by atoms with Crippen molar-refractivity contribution in [3.05, 3.63) is 29.8 Å². The van der Waals surface area contributed by atoms with E-state index in [9.17, 15) is 14.4 Å². The lowest BCUT2D eigenvalue weighted by Crippen LogP contribution is -2.47. The van der Waals surface area contributed by atoms with Crippen LogP contribution in [0.2, 0.25) is 0 Å². The number of carboxylic acid groups (broad SMARTS) is 1. The molecular weight excluding hydrogens is 288 g/mol. The smallest absolute Gasteiger partial charge is 0.329 e. The highest BCUT2D eigenvalue weighted by molar-refractivity contribution is 5.99. The quantitative estimate of drug-likeness (QED) is 0.682. The zero-order valence-electron chi connectivity index (χ0n) is 12.2. The van der Waals surface area contributed by atoms with Crippen molar-refractivity contribution >= 4 is 17.8 Å². The molecule has 0 heterocycles. The Morgan fingerprint density at radius 3 is 2.55 bits per heavy atom. The van der Waals surface area contributed by atoms with E-state index in [2.05, 4.69) is 10.6 Å². The van der Waals surface area contributed by atoms with Crippen LogP contribution in [-0.4, -0.2) is 41.6 Å².